The minimum atomic E-state index is -1.05. The molecule has 0 fully saturated rings. The minimum Gasteiger partial charge on any atom is -0.480 e. The Morgan fingerprint density at radius 2 is 2.19 bits per heavy atom. The lowest BCUT2D eigenvalue weighted by atomic mass is 10.2. The summed E-state index contributed by atoms with van der Waals surface area (Å²) in [7, 11) is 1.42. The first-order chi connectivity index (χ1) is 7.47. The van der Waals surface area contributed by atoms with Gasteiger partial charge in [0, 0.05) is 7.05 Å². The normalized spacial score (nSPS) is 12.2. The number of aliphatic carboxylic acids is 1. The number of carbonyl (C=O) groups excluding carboxylic acids is 1. The first kappa shape index (κ1) is 12.6. The SMILES string of the molecule is CCC(C(=O)O)N(C)C(=O)c1ccc(Cl)o1. The molecule has 5 nitrogen and oxygen atoms in total. The van der Waals surface area contributed by atoms with Crippen LogP contribution in [-0.2, 0) is 4.79 Å². The zero-order chi connectivity index (χ0) is 12.3. The van der Waals surface area contributed by atoms with Gasteiger partial charge in [-0.15, -0.1) is 0 Å². The summed E-state index contributed by atoms with van der Waals surface area (Å²) in [6.45, 7) is 1.69. The molecule has 1 atom stereocenters. The van der Waals surface area contributed by atoms with Crippen LogP contribution in [0.25, 0.3) is 0 Å². The van der Waals surface area contributed by atoms with E-state index in [0.717, 1.165) is 4.90 Å². The third kappa shape index (κ3) is 2.55. The Morgan fingerprint density at radius 3 is 2.56 bits per heavy atom. The van der Waals surface area contributed by atoms with Crippen molar-refractivity contribution in [2.24, 2.45) is 0 Å². The van der Waals surface area contributed by atoms with Crippen molar-refractivity contribution in [3.63, 3.8) is 0 Å². The predicted octanol–water partition coefficient (Wildman–Crippen LogP) is 1.87. The summed E-state index contributed by atoms with van der Waals surface area (Å²) in [5, 5.41) is 8.99. The first-order valence-electron chi connectivity index (χ1n) is 4.72. The number of amides is 1. The summed E-state index contributed by atoms with van der Waals surface area (Å²) in [5.41, 5.74) is 0. The van der Waals surface area contributed by atoms with Crippen LogP contribution >= 0.6 is 11.6 Å². The largest absolute Gasteiger partial charge is 0.480 e. The molecule has 1 N–H and O–H groups in total. The number of likely N-dealkylation sites (N-methyl/N-ethyl adjacent to an activating group) is 1. The zero-order valence-corrected chi connectivity index (χ0v) is 9.69. The summed E-state index contributed by atoms with van der Waals surface area (Å²) in [5.74, 6) is -1.51. The molecule has 0 aliphatic rings. The van der Waals surface area contributed by atoms with E-state index >= 15 is 0 Å². The molecule has 0 aliphatic carbocycles. The van der Waals surface area contributed by atoms with Crippen LogP contribution in [0.15, 0.2) is 16.5 Å². The van der Waals surface area contributed by atoms with Crippen molar-refractivity contribution >= 4 is 23.5 Å². The Kier molecular flexibility index (Phi) is 3.95. The van der Waals surface area contributed by atoms with Crippen LogP contribution in [0.1, 0.15) is 23.9 Å². The van der Waals surface area contributed by atoms with Crippen LogP contribution in [0, 0.1) is 0 Å². The molecular formula is C10H12ClNO4. The van der Waals surface area contributed by atoms with Gasteiger partial charge in [-0.25, -0.2) is 4.79 Å². The number of rotatable bonds is 4. The number of hydrogen-bond donors (Lipinski definition) is 1. The van der Waals surface area contributed by atoms with Crippen molar-refractivity contribution in [2.75, 3.05) is 7.05 Å². The third-order valence-corrected chi connectivity index (χ3v) is 2.45. The molecule has 0 bridgehead atoms. The van der Waals surface area contributed by atoms with Crippen molar-refractivity contribution in [1.29, 1.82) is 0 Å². The standard InChI is InChI=1S/C10H12ClNO4/c1-3-6(10(14)15)12(2)9(13)7-4-5-8(11)16-7/h4-6H,3H2,1-2H3,(H,14,15). The smallest absolute Gasteiger partial charge is 0.326 e. The zero-order valence-electron chi connectivity index (χ0n) is 8.94. The number of carboxylic acids is 1. The molecular weight excluding hydrogens is 234 g/mol. The van der Waals surface area contributed by atoms with Gasteiger partial charge in [0.2, 0.25) is 0 Å². The number of hydrogen-bond acceptors (Lipinski definition) is 3. The molecule has 1 aromatic heterocycles. The number of furan rings is 1. The number of carbonyl (C=O) groups is 2. The van der Waals surface area contributed by atoms with Gasteiger partial charge in [0.15, 0.2) is 11.0 Å². The van der Waals surface area contributed by atoms with Crippen molar-refractivity contribution in [3.8, 4) is 0 Å². The van der Waals surface area contributed by atoms with Crippen molar-refractivity contribution in [2.45, 2.75) is 19.4 Å². The maximum absolute atomic E-state index is 11.8. The molecule has 1 unspecified atom stereocenters. The Labute approximate surface area is 97.6 Å². The molecule has 0 saturated heterocycles. The van der Waals surface area contributed by atoms with E-state index in [-0.39, 0.29) is 11.0 Å². The summed E-state index contributed by atoms with van der Waals surface area (Å²) >= 11 is 5.53. The van der Waals surface area contributed by atoms with E-state index in [1.807, 2.05) is 0 Å². The van der Waals surface area contributed by atoms with Gasteiger partial charge in [0.1, 0.15) is 6.04 Å². The summed E-state index contributed by atoms with van der Waals surface area (Å²) < 4.78 is 4.92. The Hall–Kier alpha value is -1.49. The van der Waals surface area contributed by atoms with Gasteiger partial charge in [0.25, 0.3) is 5.91 Å². The average Bonchev–Trinajstić information content (AvgIpc) is 2.64. The van der Waals surface area contributed by atoms with Crippen LogP contribution in [0.4, 0.5) is 0 Å². The minimum absolute atomic E-state index is 0.0344. The topological polar surface area (TPSA) is 70.8 Å². The van der Waals surface area contributed by atoms with Crippen LogP contribution in [0.2, 0.25) is 5.22 Å². The number of halogens is 1. The number of carboxylic acid groups (broad SMARTS) is 1. The van der Waals surface area contributed by atoms with Crippen LogP contribution in [0.5, 0.6) is 0 Å². The van der Waals surface area contributed by atoms with Gasteiger partial charge in [-0.3, -0.25) is 4.79 Å². The van der Waals surface area contributed by atoms with E-state index in [0.29, 0.717) is 6.42 Å². The fourth-order valence-electron chi connectivity index (χ4n) is 1.36. The Bertz CT molecular complexity index is 401. The molecule has 0 radical (unpaired) electrons. The van der Waals surface area contributed by atoms with E-state index in [1.54, 1.807) is 6.92 Å². The monoisotopic (exact) mass is 245 g/mol. The summed E-state index contributed by atoms with van der Waals surface area (Å²) in [6.07, 6.45) is 0.325. The van der Waals surface area contributed by atoms with Gasteiger partial charge in [0.05, 0.1) is 0 Å². The van der Waals surface area contributed by atoms with Crippen molar-refractivity contribution in [1.82, 2.24) is 4.90 Å². The molecule has 1 heterocycles. The van der Waals surface area contributed by atoms with Gasteiger partial charge < -0.3 is 14.4 Å². The van der Waals surface area contributed by atoms with Crippen LogP contribution in [0.3, 0.4) is 0 Å². The highest BCUT2D eigenvalue weighted by molar-refractivity contribution is 6.29. The molecule has 6 heteroatoms. The maximum atomic E-state index is 11.8. The average molecular weight is 246 g/mol. The number of nitrogens with zero attached hydrogens (tertiary/aromatic N) is 1. The van der Waals surface area contributed by atoms with E-state index in [2.05, 4.69) is 0 Å². The first-order valence-corrected chi connectivity index (χ1v) is 5.10. The van der Waals surface area contributed by atoms with Gasteiger partial charge in [-0.05, 0) is 30.2 Å². The highest BCUT2D eigenvalue weighted by Crippen LogP contribution is 2.16. The fourth-order valence-corrected chi connectivity index (χ4v) is 1.50. The summed E-state index contributed by atoms with van der Waals surface area (Å²) in [6, 6.07) is 1.98. The van der Waals surface area contributed by atoms with E-state index in [4.69, 9.17) is 21.1 Å². The third-order valence-electron chi connectivity index (χ3n) is 2.24. The molecule has 88 valence electrons. The van der Waals surface area contributed by atoms with Crippen LogP contribution in [-0.4, -0.2) is 35.0 Å². The van der Waals surface area contributed by atoms with Gasteiger partial charge in [-0.2, -0.15) is 0 Å². The second-order valence-corrected chi connectivity index (χ2v) is 3.65. The molecule has 16 heavy (non-hydrogen) atoms. The molecule has 1 amide bonds. The van der Waals surface area contributed by atoms with Crippen LogP contribution < -0.4 is 0 Å². The lowest BCUT2D eigenvalue weighted by molar-refractivity contribution is -0.142. The van der Waals surface area contributed by atoms with Crippen molar-refractivity contribution < 1.29 is 19.1 Å². The highest BCUT2D eigenvalue weighted by atomic mass is 35.5. The lowest BCUT2D eigenvalue weighted by Crippen LogP contribution is -2.41. The predicted molar refractivity (Wildman–Crippen MR) is 57.5 cm³/mol. The molecule has 0 saturated carbocycles. The molecule has 1 rings (SSSR count). The summed E-state index contributed by atoms with van der Waals surface area (Å²) in [4.78, 5) is 23.8. The van der Waals surface area contributed by atoms with Gasteiger partial charge >= 0.3 is 5.97 Å². The second kappa shape index (κ2) is 5.03. The van der Waals surface area contributed by atoms with E-state index in [1.165, 1.54) is 19.2 Å². The van der Waals surface area contributed by atoms with E-state index in [9.17, 15) is 9.59 Å². The Balaban J connectivity index is 2.85. The maximum Gasteiger partial charge on any atom is 0.326 e. The fraction of sp³-hybridized carbons (Fsp3) is 0.400. The highest BCUT2D eigenvalue weighted by Gasteiger charge is 2.27. The molecule has 0 aromatic carbocycles. The quantitative estimate of drug-likeness (QED) is 0.879. The Morgan fingerprint density at radius 1 is 1.56 bits per heavy atom. The van der Waals surface area contributed by atoms with E-state index < -0.39 is 17.9 Å². The molecule has 1 aromatic rings. The molecule has 0 spiro atoms. The lowest BCUT2D eigenvalue weighted by Gasteiger charge is -2.22. The second-order valence-electron chi connectivity index (χ2n) is 3.28. The van der Waals surface area contributed by atoms with Crippen molar-refractivity contribution in [3.05, 3.63) is 23.1 Å². The molecule has 0 aliphatic heterocycles. The van der Waals surface area contributed by atoms with Gasteiger partial charge in [-0.1, -0.05) is 6.92 Å².